The minimum Gasteiger partial charge on any atom is -0.467 e. The summed E-state index contributed by atoms with van der Waals surface area (Å²) in [5, 5.41) is 11.4. The molecule has 142 valence electrons. The molecular formula is C17H23N2O6P. The van der Waals surface area contributed by atoms with Gasteiger partial charge in [0.2, 0.25) is 0 Å². The molecule has 0 spiro atoms. The van der Waals surface area contributed by atoms with Crippen molar-refractivity contribution < 1.29 is 27.9 Å². The van der Waals surface area contributed by atoms with E-state index in [0.29, 0.717) is 11.1 Å². The number of ether oxygens (including phenoxy) is 1. The van der Waals surface area contributed by atoms with E-state index in [4.69, 9.17) is 19.0 Å². The molecule has 0 saturated carbocycles. The van der Waals surface area contributed by atoms with E-state index in [-0.39, 0.29) is 12.6 Å². The number of amides is 1. The Morgan fingerprint density at radius 1 is 1.19 bits per heavy atom. The Kier molecular flexibility index (Phi) is 8.46. The Hall–Kier alpha value is -2.20. The Morgan fingerprint density at radius 3 is 2.23 bits per heavy atom. The number of nitrogens with zero attached hydrogens (tertiary/aromatic N) is 1. The second kappa shape index (κ2) is 10.1. The summed E-state index contributed by atoms with van der Waals surface area (Å²) in [4.78, 5) is 24.3. The molecule has 0 fully saturated rings. The molecule has 0 unspecified atom stereocenters. The van der Waals surface area contributed by atoms with Gasteiger partial charge in [0.05, 0.1) is 19.3 Å². The zero-order valence-electron chi connectivity index (χ0n) is 15.2. The van der Waals surface area contributed by atoms with Crippen molar-refractivity contribution >= 4 is 19.5 Å². The first-order valence-electron chi connectivity index (χ1n) is 7.85. The molecule has 26 heavy (non-hydrogen) atoms. The minimum absolute atomic E-state index is 0.0753. The quantitative estimate of drug-likeness (QED) is 0.515. The van der Waals surface area contributed by atoms with E-state index >= 15 is 0 Å². The van der Waals surface area contributed by atoms with Gasteiger partial charge in [-0.3, -0.25) is 9.36 Å². The minimum atomic E-state index is -3.19. The van der Waals surface area contributed by atoms with Gasteiger partial charge in [0.25, 0.3) is 5.91 Å². The fourth-order valence-corrected chi connectivity index (χ4v) is 3.30. The van der Waals surface area contributed by atoms with Crippen molar-refractivity contribution in [1.82, 2.24) is 5.32 Å². The number of esters is 1. The lowest BCUT2D eigenvalue weighted by Gasteiger charge is -2.21. The van der Waals surface area contributed by atoms with Gasteiger partial charge in [-0.2, -0.15) is 5.26 Å². The number of hydrogen-bond donors (Lipinski definition) is 1. The van der Waals surface area contributed by atoms with Crippen molar-refractivity contribution in [2.24, 2.45) is 5.92 Å². The molecule has 8 nitrogen and oxygen atoms in total. The Morgan fingerprint density at radius 2 is 1.77 bits per heavy atom. The van der Waals surface area contributed by atoms with Crippen molar-refractivity contribution in [1.29, 1.82) is 5.26 Å². The maximum Gasteiger partial charge on any atom is 0.334 e. The summed E-state index contributed by atoms with van der Waals surface area (Å²) < 4.78 is 26.6. The van der Waals surface area contributed by atoms with E-state index in [1.165, 1.54) is 21.3 Å². The van der Waals surface area contributed by atoms with Crippen LogP contribution >= 0.6 is 7.60 Å². The monoisotopic (exact) mass is 382 g/mol. The van der Waals surface area contributed by atoms with Gasteiger partial charge in [-0.05, 0) is 17.7 Å². The summed E-state index contributed by atoms with van der Waals surface area (Å²) in [7, 11) is 0.641. The highest BCUT2D eigenvalue weighted by Gasteiger charge is 2.28. The van der Waals surface area contributed by atoms with Crippen LogP contribution in [0.4, 0.5) is 0 Å². The molecule has 1 aromatic carbocycles. The molecule has 0 bridgehead atoms. The van der Waals surface area contributed by atoms with Gasteiger partial charge in [0, 0.05) is 32.1 Å². The van der Waals surface area contributed by atoms with Crippen LogP contribution in [0.1, 0.15) is 29.3 Å². The third kappa shape index (κ3) is 5.95. The third-order valence-electron chi connectivity index (χ3n) is 3.87. The predicted molar refractivity (Wildman–Crippen MR) is 94.4 cm³/mol. The number of methoxy groups -OCH3 is 1. The fraction of sp³-hybridized carbons (Fsp3) is 0.471. The average Bonchev–Trinajstić information content (AvgIpc) is 2.65. The summed E-state index contributed by atoms with van der Waals surface area (Å²) in [6.07, 6.45) is 0.175. The van der Waals surface area contributed by atoms with Crippen LogP contribution < -0.4 is 5.32 Å². The molecule has 0 radical (unpaired) electrons. The summed E-state index contributed by atoms with van der Waals surface area (Å²) in [6, 6.07) is 7.40. The lowest BCUT2D eigenvalue weighted by atomic mass is 9.98. The van der Waals surface area contributed by atoms with Crippen LogP contribution in [0.2, 0.25) is 0 Å². The van der Waals surface area contributed by atoms with Crippen molar-refractivity contribution in [3.8, 4) is 6.07 Å². The second-order valence-electron chi connectivity index (χ2n) is 5.64. The summed E-state index contributed by atoms with van der Waals surface area (Å²) in [6.45, 7) is 1.68. The molecule has 0 saturated heterocycles. The number of carbonyl (C=O) groups is 2. The van der Waals surface area contributed by atoms with E-state index < -0.39 is 31.4 Å². The van der Waals surface area contributed by atoms with Crippen molar-refractivity contribution in [3.05, 3.63) is 35.4 Å². The summed E-state index contributed by atoms with van der Waals surface area (Å²) >= 11 is 0. The zero-order valence-corrected chi connectivity index (χ0v) is 16.1. The molecule has 0 aliphatic heterocycles. The van der Waals surface area contributed by atoms with Gasteiger partial charge in [0.15, 0.2) is 0 Å². The highest BCUT2D eigenvalue weighted by molar-refractivity contribution is 7.52. The molecule has 1 rings (SSSR count). The fourth-order valence-electron chi connectivity index (χ4n) is 2.24. The Balaban J connectivity index is 2.88. The van der Waals surface area contributed by atoms with Crippen LogP contribution in [0.3, 0.4) is 0 Å². The molecule has 2 atom stereocenters. The number of hydrogen-bond acceptors (Lipinski definition) is 7. The summed E-state index contributed by atoms with van der Waals surface area (Å²) in [5.41, 5.74) is 0.993. The maximum atomic E-state index is 12.4. The lowest BCUT2D eigenvalue weighted by Crippen LogP contribution is -2.45. The van der Waals surface area contributed by atoms with Gasteiger partial charge in [0.1, 0.15) is 6.04 Å². The molecule has 0 aliphatic rings. The van der Waals surface area contributed by atoms with Gasteiger partial charge >= 0.3 is 13.6 Å². The van der Waals surface area contributed by atoms with E-state index in [1.54, 1.807) is 31.2 Å². The van der Waals surface area contributed by atoms with Crippen molar-refractivity contribution in [3.63, 3.8) is 0 Å². The molecule has 0 heterocycles. The molecule has 1 aromatic rings. The molecule has 1 N–H and O–H groups in total. The molecule has 1 amide bonds. The standard InChI is InChI=1S/C17H23N2O6P/c1-12(9-10-18)15(17(21)23-2)19-16(20)14-7-5-13(6-8-14)11-26(22,24-3)25-4/h5-8,12,15H,9,11H2,1-4H3,(H,19,20)/t12-,15+/m0/s1. The smallest absolute Gasteiger partial charge is 0.334 e. The molecular weight excluding hydrogens is 359 g/mol. The van der Waals surface area contributed by atoms with Crippen LogP contribution in [0, 0.1) is 17.2 Å². The first-order valence-corrected chi connectivity index (χ1v) is 9.58. The van der Waals surface area contributed by atoms with Gasteiger partial charge in [-0.15, -0.1) is 0 Å². The Labute approximate surface area is 153 Å². The number of carbonyl (C=O) groups excluding carboxylic acids is 2. The predicted octanol–water partition coefficient (Wildman–Crippen LogP) is 2.49. The highest BCUT2D eigenvalue weighted by atomic mass is 31.2. The zero-order chi connectivity index (χ0) is 19.7. The molecule has 0 aliphatic carbocycles. The largest absolute Gasteiger partial charge is 0.467 e. The van der Waals surface area contributed by atoms with Crippen molar-refractivity contribution in [2.75, 3.05) is 21.3 Å². The number of rotatable bonds is 9. The SMILES string of the molecule is COC(=O)[C@H](NC(=O)c1ccc(CP(=O)(OC)OC)cc1)[C@@H](C)CC#N. The summed E-state index contributed by atoms with van der Waals surface area (Å²) in [5.74, 6) is -1.48. The van der Waals surface area contributed by atoms with E-state index in [2.05, 4.69) is 5.32 Å². The van der Waals surface area contributed by atoms with E-state index in [1.807, 2.05) is 6.07 Å². The molecule has 9 heteroatoms. The normalized spacial score (nSPS) is 13.3. The lowest BCUT2D eigenvalue weighted by molar-refractivity contribution is -0.144. The van der Waals surface area contributed by atoms with Crippen LogP contribution in [-0.4, -0.2) is 39.2 Å². The van der Waals surface area contributed by atoms with Crippen molar-refractivity contribution in [2.45, 2.75) is 25.5 Å². The first-order chi connectivity index (χ1) is 12.3. The number of nitrogens with one attached hydrogen (secondary N) is 1. The van der Waals surface area contributed by atoms with E-state index in [0.717, 1.165) is 0 Å². The third-order valence-corrected chi connectivity index (χ3v) is 5.74. The highest BCUT2D eigenvalue weighted by Crippen LogP contribution is 2.49. The number of benzene rings is 1. The van der Waals surface area contributed by atoms with Crippen LogP contribution in [0.25, 0.3) is 0 Å². The second-order valence-corrected chi connectivity index (χ2v) is 7.91. The van der Waals surface area contributed by atoms with Crippen LogP contribution in [0.15, 0.2) is 24.3 Å². The van der Waals surface area contributed by atoms with Gasteiger partial charge in [-0.25, -0.2) is 4.79 Å². The topological polar surface area (TPSA) is 115 Å². The van der Waals surface area contributed by atoms with Gasteiger partial charge < -0.3 is 19.1 Å². The molecule has 0 aromatic heterocycles. The number of nitriles is 1. The Bertz CT molecular complexity index is 705. The average molecular weight is 382 g/mol. The van der Waals surface area contributed by atoms with Crippen LogP contribution in [0.5, 0.6) is 0 Å². The van der Waals surface area contributed by atoms with E-state index in [9.17, 15) is 14.2 Å². The first kappa shape index (κ1) is 21.8. The van der Waals surface area contributed by atoms with Crippen LogP contribution in [-0.2, 0) is 29.3 Å². The maximum absolute atomic E-state index is 12.4. The van der Waals surface area contributed by atoms with Gasteiger partial charge in [-0.1, -0.05) is 19.1 Å².